The van der Waals surface area contributed by atoms with Crippen molar-refractivity contribution in [2.24, 2.45) is 0 Å². The van der Waals surface area contributed by atoms with Crippen LogP contribution in [0.5, 0.6) is 0 Å². The van der Waals surface area contributed by atoms with Gasteiger partial charge in [-0.3, -0.25) is 4.79 Å². The van der Waals surface area contributed by atoms with Crippen LogP contribution in [-0.2, 0) is 0 Å². The summed E-state index contributed by atoms with van der Waals surface area (Å²) in [6, 6.07) is 8.59. The maximum absolute atomic E-state index is 13.4. The predicted molar refractivity (Wildman–Crippen MR) is 90.1 cm³/mol. The van der Waals surface area contributed by atoms with Crippen molar-refractivity contribution in [1.29, 1.82) is 0 Å². The highest BCUT2D eigenvalue weighted by Crippen LogP contribution is 2.20. The van der Waals surface area contributed by atoms with Crippen molar-refractivity contribution in [2.45, 2.75) is 13.3 Å². The van der Waals surface area contributed by atoms with Crippen molar-refractivity contribution >= 4 is 40.0 Å². The highest BCUT2D eigenvalue weighted by Gasteiger charge is 2.15. The van der Waals surface area contributed by atoms with Gasteiger partial charge in [-0.05, 0) is 47.2 Å². The van der Waals surface area contributed by atoms with Gasteiger partial charge in [0.05, 0.1) is 17.4 Å². The molecule has 110 valence electrons. The Balaban J connectivity index is 2.25. The molecular weight excluding hydrogens is 384 g/mol. The number of amides is 1. The average Bonchev–Trinajstić information content (AvgIpc) is 2.48. The number of benzene rings is 1. The van der Waals surface area contributed by atoms with E-state index in [1.165, 1.54) is 6.07 Å². The van der Waals surface area contributed by atoms with Crippen LogP contribution in [0.2, 0.25) is 0 Å². The Labute approximate surface area is 136 Å². The lowest BCUT2D eigenvalue weighted by Crippen LogP contribution is -2.17. The average molecular weight is 399 g/mol. The van der Waals surface area contributed by atoms with Gasteiger partial charge in [-0.15, -0.1) is 0 Å². The highest BCUT2D eigenvalue weighted by atomic mass is 127. The largest absolute Gasteiger partial charge is 0.369 e. The molecule has 1 aromatic carbocycles. The van der Waals surface area contributed by atoms with E-state index in [1.807, 2.05) is 25.1 Å². The van der Waals surface area contributed by atoms with Crippen LogP contribution in [0.15, 0.2) is 36.5 Å². The van der Waals surface area contributed by atoms with E-state index < -0.39 is 5.82 Å². The minimum atomic E-state index is -0.537. The number of nitrogens with zero attached hydrogens (tertiary/aromatic N) is 1. The fraction of sp³-hybridized carbons (Fsp3) is 0.200. The molecule has 0 unspecified atom stereocenters. The second-order valence-electron chi connectivity index (χ2n) is 4.41. The summed E-state index contributed by atoms with van der Waals surface area (Å²) in [5.74, 6) is -0.531. The standard InChI is InChI=1S/C15H15FIN3O/c1-2-7-18-14-11(8-10(16)9-19-14)15(21)20-13-6-4-3-5-12(13)17/h3-6,8-9H,2,7H2,1H3,(H,18,19)(H,20,21). The van der Waals surface area contributed by atoms with Gasteiger partial charge < -0.3 is 10.6 Å². The molecule has 6 heteroatoms. The Bertz CT molecular complexity index is 649. The van der Waals surface area contributed by atoms with Crippen molar-refractivity contribution in [3.05, 3.63) is 51.5 Å². The number of rotatable bonds is 5. The van der Waals surface area contributed by atoms with Crippen LogP contribution in [0, 0.1) is 9.39 Å². The van der Waals surface area contributed by atoms with Crippen LogP contribution < -0.4 is 10.6 Å². The summed E-state index contributed by atoms with van der Waals surface area (Å²) < 4.78 is 14.3. The molecule has 0 aliphatic rings. The normalized spacial score (nSPS) is 10.2. The zero-order valence-electron chi connectivity index (χ0n) is 11.5. The van der Waals surface area contributed by atoms with E-state index in [-0.39, 0.29) is 11.5 Å². The molecule has 0 aliphatic heterocycles. The molecule has 0 fully saturated rings. The van der Waals surface area contributed by atoms with Crippen molar-refractivity contribution < 1.29 is 9.18 Å². The summed E-state index contributed by atoms with van der Waals surface area (Å²) in [5.41, 5.74) is 0.886. The molecule has 21 heavy (non-hydrogen) atoms. The molecule has 2 aromatic rings. The molecule has 0 saturated heterocycles. The number of aromatic nitrogens is 1. The molecule has 0 radical (unpaired) electrons. The number of halogens is 2. The summed E-state index contributed by atoms with van der Waals surface area (Å²) in [5, 5.41) is 5.81. The summed E-state index contributed by atoms with van der Waals surface area (Å²) in [4.78, 5) is 16.3. The van der Waals surface area contributed by atoms with Crippen molar-refractivity contribution in [2.75, 3.05) is 17.2 Å². The summed E-state index contributed by atoms with van der Waals surface area (Å²) in [7, 11) is 0. The predicted octanol–water partition coefficient (Wildman–Crippen LogP) is 3.90. The van der Waals surface area contributed by atoms with E-state index in [1.54, 1.807) is 6.07 Å². The smallest absolute Gasteiger partial charge is 0.259 e. The molecule has 0 spiro atoms. The highest BCUT2D eigenvalue weighted by molar-refractivity contribution is 14.1. The van der Waals surface area contributed by atoms with Crippen LogP contribution in [-0.4, -0.2) is 17.4 Å². The first kappa shape index (κ1) is 15.7. The van der Waals surface area contributed by atoms with Gasteiger partial charge in [0.15, 0.2) is 0 Å². The molecule has 0 saturated carbocycles. The maximum atomic E-state index is 13.4. The Morgan fingerprint density at radius 1 is 1.38 bits per heavy atom. The number of para-hydroxylation sites is 1. The molecule has 0 bridgehead atoms. The quantitative estimate of drug-likeness (QED) is 0.750. The number of pyridine rings is 1. The molecule has 1 aromatic heterocycles. The molecule has 0 aliphatic carbocycles. The Morgan fingerprint density at radius 3 is 2.86 bits per heavy atom. The molecular formula is C15H15FIN3O. The fourth-order valence-electron chi connectivity index (χ4n) is 1.75. The minimum absolute atomic E-state index is 0.197. The number of anilines is 2. The van der Waals surface area contributed by atoms with Gasteiger partial charge in [0, 0.05) is 10.1 Å². The zero-order valence-corrected chi connectivity index (χ0v) is 13.6. The Morgan fingerprint density at radius 2 is 2.14 bits per heavy atom. The number of carbonyl (C=O) groups is 1. The third-order valence-electron chi connectivity index (χ3n) is 2.76. The molecule has 2 rings (SSSR count). The van der Waals surface area contributed by atoms with Crippen LogP contribution in [0.4, 0.5) is 15.9 Å². The first-order valence-electron chi connectivity index (χ1n) is 6.57. The first-order chi connectivity index (χ1) is 10.1. The van der Waals surface area contributed by atoms with Gasteiger partial charge in [0.2, 0.25) is 0 Å². The van der Waals surface area contributed by atoms with E-state index in [2.05, 4.69) is 38.2 Å². The van der Waals surface area contributed by atoms with Crippen LogP contribution in [0.25, 0.3) is 0 Å². The second-order valence-corrected chi connectivity index (χ2v) is 5.57. The number of hydrogen-bond donors (Lipinski definition) is 2. The van der Waals surface area contributed by atoms with E-state index in [0.717, 1.165) is 16.2 Å². The molecule has 2 N–H and O–H groups in total. The second kappa shape index (κ2) is 7.35. The molecule has 0 atom stereocenters. The van der Waals surface area contributed by atoms with Gasteiger partial charge >= 0.3 is 0 Å². The van der Waals surface area contributed by atoms with Gasteiger partial charge in [0.25, 0.3) is 5.91 Å². The van der Waals surface area contributed by atoms with E-state index in [0.29, 0.717) is 18.1 Å². The van der Waals surface area contributed by atoms with E-state index >= 15 is 0 Å². The Hall–Kier alpha value is -1.70. The van der Waals surface area contributed by atoms with Crippen LogP contribution in [0.3, 0.4) is 0 Å². The van der Waals surface area contributed by atoms with Gasteiger partial charge in [-0.2, -0.15) is 0 Å². The summed E-state index contributed by atoms with van der Waals surface area (Å²) in [6.45, 7) is 2.67. The van der Waals surface area contributed by atoms with E-state index in [4.69, 9.17) is 0 Å². The lowest BCUT2D eigenvalue weighted by atomic mass is 10.2. The van der Waals surface area contributed by atoms with Crippen molar-refractivity contribution in [3.63, 3.8) is 0 Å². The fourth-order valence-corrected chi connectivity index (χ4v) is 2.27. The number of hydrogen-bond acceptors (Lipinski definition) is 3. The third kappa shape index (κ3) is 4.13. The lowest BCUT2D eigenvalue weighted by Gasteiger charge is -2.11. The minimum Gasteiger partial charge on any atom is -0.369 e. The molecule has 1 heterocycles. The topological polar surface area (TPSA) is 54.0 Å². The Kier molecular flexibility index (Phi) is 5.49. The zero-order chi connectivity index (χ0) is 15.2. The molecule has 1 amide bonds. The summed E-state index contributed by atoms with van der Waals surface area (Å²) >= 11 is 2.13. The molecule has 4 nitrogen and oxygen atoms in total. The van der Waals surface area contributed by atoms with Crippen molar-refractivity contribution in [3.8, 4) is 0 Å². The first-order valence-corrected chi connectivity index (χ1v) is 7.65. The number of carbonyl (C=O) groups excluding carboxylic acids is 1. The van der Waals surface area contributed by atoms with Gasteiger partial charge in [-0.1, -0.05) is 19.1 Å². The van der Waals surface area contributed by atoms with Gasteiger partial charge in [0.1, 0.15) is 11.6 Å². The SMILES string of the molecule is CCCNc1ncc(F)cc1C(=O)Nc1ccccc1I. The van der Waals surface area contributed by atoms with Crippen LogP contribution >= 0.6 is 22.6 Å². The van der Waals surface area contributed by atoms with E-state index in [9.17, 15) is 9.18 Å². The summed E-state index contributed by atoms with van der Waals surface area (Å²) in [6.07, 6.45) is 1.98. The monoisotopic (exact) mass is 399 g/mol. The maximum Gasteiger partial charge on any atom is 0.259 e. The van der Waals surface area contributed by atoms with Crippen molar-refractivity contribution in [1.82, 2.24) is 4.98 Å². The van der Waals surface area contributed by atoms with Gasteiger partial charge in [-0.25, -0.2) is 9.37 Å². The van der Waals surface area contributed by atoms with Crippen LogP contribution in [0.1, 0.15) is 23.7 Å². The third-order valence-corrected chi connectivity index (χ3v) is 3.70. The number of nitrogens with one attached hydrogen (secondary N) is 2. The lowest BCUT2D eigenvalue weighted by molar-refractivity contribution is 0.102.